The first-order valence-electron chi connectivity index (χ1n) is 13.2. The van der Waals surface area contributed by atoms with Crippen LogP contribution in [0, 0.1) is 0 Å². The maximum atomic E-state index is 13.7. The van der Waals surface area contributed by atoms with Gasteiger partial charge in [0.1, 0.15) is 23.9 Å². The van der Waals surface area contributed by atoms with Gasteiger partial charge in [0.2, 0.25) is 0 Å². The zero-order chi connectivity index (χ0) is 27.5. The number of hydrogen-bond donors (Lipinski definition) is 0. The lowest BCUT2D eigenvalue weighted by atomic mass is 9.82. The average Bonchev–Trinajstić information content (AvgIpc) is 3.34. The Labute approximate surface area is 232 Å². The van der Waals surface area contributed by atoms with Crippen LogP contribution in [0.25, 0.3) is 11.1 Å². The molecule has 1 aliphatic heterocycles. The molecule has 2 unspecified atom stereocenters. The number of carbonyl (C=O) groups is 3. The van der Waals surface area contributed by atoms with Gasteiger partial charge in [0.05, 0.1) is 0 Å². The summed E-state index contributed by atoms with van der Waals surface area (Å²) in [5.41, 5.74) is 5.42. The van der Waals surface area contributed by atoms with Crippen LogP contribution in [0.4, 0.5) is 0 Å². The predicted molar refractivity (Wildman–Crippen MR) is 153 cm³/mol. The monoisotopic (exact) mass is 526 g/mol. The van der Waals surface area contributed by atoms with Crippen molar-refractivity contribution in [1.29, 1.82) is 0 Å². The predicted octanol–water partition coefficient (Wildman–Crippen LogP) is 6.68. The van der Waals surface area contributed by atoms with Gasteiger partial charge in [-0.2, -0.15) is 0 Å². The number of ether oxygens (including phenoxy) is 2. The first-order chi connectivity index (χ1) is 19.6. The Morgan fingerprint density at radius 2 is 1.48 bits per heavy atom. The van der Waals surface area contributed by atoms with Crippen molar-refractivity contribution >= 4 is 29.0 Å². The van der Waals surface area contributed by atoms with E-state index in [0.717, 1.165) is 22.3 Å². The summed E-state index contributed by atoms with van der Waals surface area (Å²) in [6.07, 6.45) is 1.34. The van der Waals surface area contributed by atoms with Gasteiger partial charge in [-0.1, -0.05) is 78.9 Å². The Morgan fingerprint density at radius 1 is 0.825 bits per heavy atom. The number of ketones is 2. The van der Waals surface area contributed by atoms with Crippen LogP contribution in [-0.4, -0.2) is 30.1 Å². The first kappa shape index (κ1) is 25.4. The standard InChI is InChI=1S/C35H26O5/c36-22-24-16-23(17-29(18-24)39-28-14-8-3-9-15-28)19-31(37)35-34(38)33-30(26-12-6-2-7-13-26)20-27(21-32(33)40-35)25-10-4-1-5-11-25/h1-18,21-22,32,35H,19-20H2. The van der Waals surface area contributed by atoms with Crippen molar-refractivity contribution in [3.63, 3.8) is 0 Å². The molecule has 1 heterocycles. The molecule has 5 heteroatoms. The minimum Gasteiger partial charge on any atom is -0.457 e. The van der Waals surface area contributed by atoms with E-state index in [9.17, 15) is 14.4 Å². The van der Waals surface area contributed by atoms with Crippen LogP contribution >= 0.6 is 0 Å². The average molecular weight is 527 g/mol. The quantitative estimate of drug-likeness (QED) is 0.189. The van der Waals surface area contributed by atoms with E-state index in [2.05, 4.69) is 0 Å². The molecule has 0 radical (unpaired) electrons. The van der Waals surface area contributed by atoms with Crippen LogP contribution in [0.5, 0.6) is 11.5 Å². The molecule has 0 bridgehead atoms. The maximum Gasteiger partial charge on any atom is 0.198 e. The molecule has 2 aliphatic rings. The molecule has 1 aliphatic carbocycles. The molecule has 1 fully saturated rings. The van der Waals surface area contributed by atoms with E-state index in [0.29, 0.717) is 40.9 Å². The molecule has 4 aromatic carbocycles. The van der Waals surface area contributed by atoms with E-state index in [-0.39, 0.29) is 18.0 Å². The fourth-order valence-electron chi connectivity index (χ4n) is 5.33. The number of benzene rings is 4. The van der Waals surface area contributed by atoms with Crippen molar-refractivity contribution in [1.82, 2.24) is 0 Å². The largest absolute Gasteiger partial charge is 0.457 e. The Morgan fingerprint density at radius 3 is 2.15 bits per heavy atom. The number of fused-ring (bicyclic) bond motifs is 1. The molecule has 196 valence electrons. The lowest BCUT2D eigenvalue weighted by Gasteiger charge is -2.22. The molecule has 0 N–H and O–H groups in total. The van der Waals surface area contributed by atoms with E-state index in [1.54, 1.807) is 30.3 Å². The number of carbonyl (C=O) groups excluding carboxylic acids is 3. The number of para-hydroxylation sites is 1. The highest BCUT2D eigenvalue weighted by molar-refractivity contribution is 6.20. The summed E-state index contributed by atoms with van der Waals surface area (Å²) < 4.78 is 12.1. The van der Waals surface area contributed by atoms with Crippen LogP contribution in [0.2, 0.25) is 0 Å². The zero-order valence-corrected chi connectivity index (χ0v) is 21.7. The maximum absolute atomic E-state index is 13.7. The van der Waals surface area contributed by atoms with Crippen molar-refractivity contribution in [3.05, 3.63) is 143 Å². The summed E-state index contributed by atoms with van der Waals surface area (Å²) in [7, 11) is 0. The summed E-state index contributed by atoms with van der Waals surface area (Å²) >= 11 is 0. The summed E-state index contributed by atoms with van der Waals surface area (Å²) in [4.78, 5) is 38.8. The molecule has 2 atom stereocenters. The lowest BCUT2D eigenvalue weighted by molar-refractivity contribution is -0.135. The molecular formula is C35H26O5. The molecule has 0 spiro atoms. The molecule has 5 nitrogen and oxygen atoms in total. The Kier molecular flexibility index (Phi) is 7.04. The van der Waals surface area contributed by atoms with Crippen molar-refractivity contribution < 1.29 is 23.9 Å². The Hall–Kier alpha value is -4.87. The van der Waals surface area contributed by atoms with Gasteiger partial charge in [-0.05, 0) is 70.7 Å². The second-order valence-electron chi connectivity index (χ2n) is 9.88. The van der Waals surface area contributed by atoms with E-state index in [4.69, 9.17) is 9.47 Å². The molecule has 0 amide bonds. The van der Waals surface area contributed by atoms with Crippen LogP contribution in [-0.2, 0) is 20.7 Å². The van der Waals surface area contributed by atoms with Gasteiger partial charge in [-0.15, -0.1) is 0 Å². The van der Waals surface area contributed by atoms with E-state index in [1.165, 1.54) is 0 Å². The van der Waals surface area contributed by atoms with Crippen LogP contribution in [0.3, 0.4) is 0 Å². The van der Waals surface area contributed by atoms with Crippen LogP contribution in [0.15, 0.2) is 121 Å². The number of aldehydes is 1. The fourth-order valence-corrected chi connectivity index (χ4v) is 5.33. The lowest BCUT2D eigenvalue weighted by Crippen LogP contribution is -2.29. The zero-order valence-electron chi connectivity index (χ0n) is 21.7. The third-order valence-electron chi connectivity index (χ3n) is 7.16. The molecule has 40 heavy (non-hydrogen) atoms. The fraction of sp³-hybridized carbons (Fsp3) is 0.114. The summed E-state index contributed by atoms with van der Waals surface area (Å²) in [6, 6.07) is 33.9. The highest BCUT2D eigenvalue weighted by Gasteiger charge is 2.45. The Bertz CT molecular complexity index is 1640. The molecule has 0 aromatic heterocycles. The highest BCUT2D eigenvalue weighted by atomic mass is 16.5. The topological polar surface area (TPSA) is 69.7 Å². The van der Waals surface area contributed by atoms with Crippen LogP contribution in [0.1, 0.15) is 33.5 Å². The third kappa shape index (κ3) is 5.20. The van der Waals surface area contributed by atoms with Gasteiger partial charge in [-0.3, -0.25) is 14.4 Å². The van der Waals surface area contributed by atoms with E-state index >= 15 is 0 Å². The second kappa shape index (κ2) is 11.1. The minimum atomic E-state index is -1.22. The van der Waals surface area contributed by atoms with Gasteiger partial charge in [0.25, 0.3) is 0 Å². The van der Waals surface area contributed by atoms with Gasteiger partial charge < -0.3 is 9.47 Å². The number of rotatable bonds is 8. The van der Waals surface area contributed by atoms with Gasteiger partial charge in [0, 0.05) is 17.6 Å². The summed E-state index contributed by atoms with van der Waals surface area (Å²) in [5.74, 6) is 0.394. The molecule has 0 saturated carbocycles. The van der Waals surface area contributed by atoms with E-state index in [1.807, 2.05) is 84.9 Å². The molecule has 4 aromatic rings. The van der Waals surface area contributed by atoms with Gasteiger partial charge >= 0.3 is 0 Å². The van der Waals surface area contributed by atoms with Gasteiger partial charge in [0.15, 0.2) is 17.7 Å². The number of Topliss-reactive ketones (excluding diaryl/α,β-unsaturated/α-hetero) is 2. The number of allylic oxidation sites excluding steroid dienone is 2. The first-order valence-corrected chi connectivity index (χ1v) is 13.2. The summed E-state index contributed by atoms with van der Waals surface area (Å²) in [6.45, 7) is 0. The molecule has 1 saturated heterocycles. The minimum absolute atomic E-state index is 0.0703. The van der Waals surface area contributed by atoms with Crippen LogP contribution < -0.4 is 4.74 Å². The second-order valence-corrected chi connectivity index (χ2v) is 9.88. The molecule has 6 rings (SSSR count). The van der Waals surface area contributed by atoms with Gasteiger partial charge in [-0.25, -0.2) is 0 Å². The van der Waals surface area contributed by atoms with Crippen molar-refractivity contribution in [3.8, 4) is 11.5 Å². The van der Waals surface area contributed by atoms with E-state index < -0.39 is 12.2 Å². The third-order valence-corrected chi connectivity index (χ3v) is 7.16. The summed E-state index contributed by atoms with van der Waals surface area (Å²) in [5, 5.41) is 0. The highest BCUT2D eigenvalue weighted by Crippen LogP contribution is 2.42. The normalized spacial score (nSPS) is 18.2. The molecular weight excluding hydrogens is 500 g/mol. The Balaban J connectivity index is 1.30. The van der Waals surface area contributed by atoms with Crippen molar-refractivity contribution in [2.24, 2.45) is 0 Å². The van der Waals surface area contributed by atoms with Crippen molar-refractivity contribution in [2.75, 3.05) is 0 Å². The SMILES string of the molecule is O=Cc1cc(CC(=O)C2OC3C=C(c4ccccc4)CC(c4ccccc4)=C3C2=O)cc(Oc2ccccc2)c1. The smallest absolute Gasteiger partial charge is 0.198 e. The van der Waals surface area contributed by atoms with Crippen molar-refractivity contribution in [2.45, 2.75) is 25.0 Å². The number of hydrogen-bond acceptors (Lipinski definition) is 5.